The third kappa shape index (κ3) is 2.80. The van der Waals surface area contributed by atoms with E-state index < -0.39 is 0 Å². The van der Waals surface area contributed by atoms with Gasteiger partial charge < -0.3 is 14.3 Å². The molecule has 6 nitrogen and oxygen atoms in total. The highest BCUT2D eigenvalue weighted by molar-refractivity contribution is 5.80. The number of nitrogens with zero attached hydrogens (tertiary/aromatic N) is 4. The zero-order valence-corrected chi connectivity index (χ0v) is 15.3. The molecule has 0 unspecified atom stereocenters. The topological polar surface area (TPSA) is 62.5 Å². The van der Waals surface area contributed by atoms with Crippen LogP contribution in [0.25, 0.3) is 0 Å². The molecule has 1 saturated carbocycles. The van der Waals surface area contributed by atoms with Crippen molar-refractivity contribution in [3.63, 3.8) is 0 Å². The van der Waals surface area contributed by atoms with Crippen molar-refractivity contribution in [1.29, 1.82) is 0 Å². The predicted molar refractivity (Wildman–Crippen MR) is 96.4 cm³/mol. The van der Waals surface area contributed by atoms with Crippen molar-refractivity contribution >= 4 is 11.9 Å². The first-order valence-electron chi connectivity index (χ1n) is 9.71. The third-order valence-electron chi connectivity index (χ3n) is 6.39. The van der Waals surface area contributed by atoms with Crippen LogP contribution in [0.4, 0.5) is 10.3 Å². The van der Waals surface area contributed by atoms with Gasteiger partial charge in [-0.15, -0.1) is 0 Å². The van der Waals surface area contributed by atoms with E-state index in [1.165, 1.54) is 6.07 Å². The average Bonchev–Trinajstić information content (AvgIpc) is 3.26. The van der Waals surface area contributed by atoms with E-state index >= 15 is 0 Å². The minimum atomic E-state index is -0.254. The fourth-order valence-corrected chi connectivity index (χ4v) is 4.86. The smallest absolute Gasteiger partial charge is 0.266 e. The number of amides is 1. The molecule has 7 heteroatoms. The summed E-state index contributed by atoms with van der Waals surface area (Å²) in [6, 6.07) is 6.63. The molecule has 3 aliphatic rings. The number of hydrogen-bond donors (Lipinski definition) is 0. The van der Waals surface area contributed by atoms with Gasteiger partial charge >= 0.3 is 0 Å². The Hall–Kier alpha value is -2.44. The number of halogens is 1. The molecule has 2 saturated heterocycles. The molecule has 0 bridgehead atoms. The molecule has 142 valence electrons. The molecular formula is C20H23FN4O2. The number of carbonyl (C=O) groups is 1. The first kappa shape index (κ1) is 16.7. The molecule has 2 aromatic rings. The first-order chi connectivity index (χ1) is 13.1. The summed E-state index contributed by atoms with van der Waals surface area (Å²) in [5.41, 5.74) is 0.890. The van der Waals surface area contributed by atoms with E-state index in [2.05, 4.69) is 15.0 Å². The highest BCUT2D eigenvalue weighted by atomic mass is 19.1. The molecule has 27 heavy (non-hydrogen) atoms. The van der Waals surface area contributed by atoms with Crippen LogP contribution < -0.4 is 4.90 Å². The van der Waals surface area contributed by atoms with Gasteiger partial charge in [-0.3, -0.25) is 4.79 Å². The van der Waals surface area contributed by atoms with Crippen LogP contribution in [0.5, 0.6) is 0 Å². The SMILES string of the molecule is Cc1nc(N2C[C@H]3CN(C(=O)C4CCC4)[C@H](c4cccc(F)c4)[C@H]3C2)no1. The summed E-state index contributed by atoms with van der Waals surface area (Å²) in [6.07, 6.45) is 3.09. The summed E-state index contributed by atoms with van der Waals surface area (Å²) in [5, 5.41) is 4.04. The molecule has 1 aliphatic carbocycles. The van der Waals surface area contributed by atoms with Crippen LogP contribution in [0.2, 0.25) is 0 Å². The van der Waals surface area contributed by atoms with Gasteiger partial charge in [-0.2, -0.15) is 4.98 Å². The maximum Gasteiger partial charge on any atom is 0.266 e. The lowest BCUT2D eigenvalue weighted by molar-refractivity contribution is -0.139. The molecule has 3 atom stereocenters. The standard InChI is InChI=1S/C20H23FN4O2/c1-12-22-20(23-27-12)24-9-15-10-25(19(26)13-4-2-5-13)18(17(15)11-24)14-6-3-7-16(21)8-14/h3,6-8,13,15,17-18H,2,4-5,9-11H2,1H3/t15-,17-,18+/m0/s1. The normalized spacial score (nSPS) is 27.7. The van der Waals surface area contributed by atoms with E-state index in [1.54, 1.807) is 19.1 Å². The number of anilines is 1. The van der Waals surface area contributed by atoms with Gasteiger partial charge in [0.1, 0.15) is 5.82 Å². The molecule has 0 N–H and O–H groups in total. The van der Waals surface area contributed by atoms with E-state index in [-0.39, 0.29) is 29.6 Å². The van der Waals surface area contributed by atoms with Crippen molar-refractivity contribution in [2.24, 2.45) is 17.8 Å². The fraction of sp³-hybridized carbons (Fsp3) is 0.550. The van der Waals surface area contributed by atoms with Crippen LogP contribution in [0.1, 0.15) is 36.8 Å². The summed E-state index contributed by atoms with van der Waals surface area (Å²) < 4.78 is 19.0. The number of aromatic nitrogens is 2. The largest absolute Gasteiger partial charge is 0.338 e. The van der Waals surface area contributed by atoms with Gasteiger partial charge in [0.05, 0.1) is 6.04 Å². The lowest BCUT2D eigenvalue weighted by atomic mass is 9.83. The molecule has 3 heterocycles. The number of aryl methyl sites for hydroxylation is 1. The summed E-state index contributed by atoms with van der Waals surface area (Å²) in [6.45, 7) is 4.04. The van der Waals surface area contributed by atoms with Gasteiger partial charge in [0.25, 0.3) is 5.95 Å². The van der Waals surface area contributed by atoms with E-state index in [0.717, 1.165) is 37.9 Å². The number of hydrogen-bond acceptors (Lipinski definition) is 5. The van der Waals surface area contributed by atoms with Gasteiger partial charge in [-0.05, 0) is 35.7 Å². The summed E-state index contributed by atoms with van der Waals surface area (Å²) in [7, 11) is 0. The van der Waals surface area contributed by atoms with Crippen LogP contribution in [0.3, 0.4) is 0 Å². The molecule has 1 amide bonds. The Kier molecular flexibility index (Phi) is 3.91. The maximum absolute atomic E-state index is 13.9. The van der Waals surface area contributed by atoms with Crippen molar-refractivity contribution in [3.05, 3.63) is 41.5 Å². The van der Waals surface area contributed by atoms with Gasteiger partial charge in [-0.1, -0.05) is 18.6 Å². The Morgan fingerprint density at radius 3 is 2.78 bits per heavy atom. The number of rotatable bonds is 3. The highest BCUT2D eigenvalue weighted by Crippen LogP contribution is 2.47. The van der Waals surface area contributed by atoms with Gasteiger partial charge in [0.15, 0.2) is 0 Å². The zero-order chi connectivity index (χ0) is 18.5. The number of benzene rings is 1. The van der Waals surface area contributed by atoms with Crippen molar-refractivity contribution in [3.8, 4) is 0 Å². The Labute approximate surface area is 157 Å². The van der Waals surface area contributed by atoms with Crippen molar-refractivity contribution in [2.45, 2.75) is 32.2 Å². The average molecular weight is 370 g/mol. The fourth-order valence-electron chi connectivity index (χ4n) is 4.86. The monoisotopic (exact) mass is 370 g/mol. The van der Waals surface area contributed by atoms with E-state index in [0.29, 0.717) is 24.3 Å². The lowest BCUT2D eigenvalue weighted by Crippen LogP contribution is -2.41. The van der Waals surface area contributed by atoms with Crippen molar-refractivity contribution in [2.75, 3.05) is 24.5 Å². The molecular weight excluding hydrogens is 347 g/mol. The predicted octanol–water partition coefficient (Wildman–Crippen LogP) is 2.95. The minimum absolute atomic E-state index is 0.0863. The van der Waals surface area contributed by atoms with E-state index in [1.807, 2.05) is 11.0 Å². The van der Waals surface area contributed by atoms with E-state index in [9.17, 15) is 9.18 Å². The van der Waals surface area contributed by atoms with Gasteiger partial charge in [-0.25, -0.2) is 4.39 Å². The maximum atomic E-state index is 13.9. The molecule has 1 aromatic heterocycles. The molecule has 2 aliphatic heterocycles. The first-order valence-corrected chi connectivity index (χ1v) is 9.71. The second kappa shape index (κ2) is 6.32. The number of likely N-dealkylation sites (tertiary alicyclic amines) is 1. The summed E-state index contributed by atoms with van der Waals surface area (Å²) in [4.78, 5) is 21.6. The van der Waals surface area contributed by atoms with Crippen LogP contribution in [-0.4, -0.2) is 40.6 Å². The van der Waals surface area contributed by atoms with E-state index in [4.69, 9.17) is 4.52 Å². The van der Waals surface area contributed by atoms with Crippen LogP contribution in [0, 0.1) is 30.5 Å². The molecule has 5 rings (SSSR count). The third-order valence-corrected chi connectivity index (χ3v) is 6.39. The molecule has 3 fully saturated rings. The zero-order valence-electron chi connectivity index (χ0n) is 15.3. The van der Waals surface area contributed by atoms with Crippen molar-refractivity contribution < 1.29 is 13.7 Å². The highest BCUT2D eigenvalue weighted by Gasteiger charge is 2.51. The van der Waals surface area contributed by atoms with Crippen LogP contribution in [-0.2, 0) is 4.79 Å². The number of carbonyl (C=O) groups excluding carboxylic acids is 1. The number of fused-ring (bicyclic) bond motifs is 1. The lowest BCUT2D eigenvalue weighted by Gasteiger charge is -2.35. The molecule has 1 aromatic carbocycles. The quantitative estimate of drug-likeness (QED) is 0.831. The second-order valence-corrected chi connectivity index (χ2v) is 8.06. The van der Waals surface area contributed by atoms with Crippen LogP contribution in [0.15, 0.2) is 28.8 Å². The Morgan fingerprint density at radius 2 is 2.11 bits per heavy atom. The molecule has 0 spiro atoms. The van der Waals surface area contributed by atoms with Crippen molar-refractivity contribution in [1.82, 2.24) is 15.0 Å². The van der Waals surface area contributed by atoms with Gasteiger partial charge in [0.2, 0.25) is 11.8 Å². The Bertz CT molecular complexity index is 865. The van der Waals surface area contributed by atoms with Crippen LogP contribution >= 0.6 is 0 Å². The Balaban J connectivity index is 1.45. The minimum Gasteiger partial charge on any atom is -0.338 e. The molecule has 0 radical (unpaired) electrons. The summed E-state index contributed by atoms with van der Waals surface area (Å²) >= 11 is 0. The Morgan fingerprint density at radius 1 is 1.26 bits per heavy atom. The summed E-state index contributed by atoms with van der Waals surface area (Å²) in [5.74, 6) is 1.87. The van der Waals surface area contributed by atoms with Gasteiger partial charge in [0, 0.05) is 44.3 Å². The second-order valence-electron chi connectivity index (χ2n) is 8.06.